The minimum atomic E-state index is -3.31. The van der Waals surface area contributed by atoms with E-state index >= 15 is 0 Å². The highest BCUT2D eigenvalue weighted by atomic mass is 35.5. The van der Waals surface area contributed by atoms with E-state index in [0.29, 0.717) is 44.6 Å². The lowest BCUT2D eigenvalue weighted by molar-refractivity contribution is -0.0891. The van der Waals surface area contributed by atoms with E-state index in [0.717, 1.165) is 0 Å². The van der Waals surface area contributed by atoms with Crippen molar-refractivity contribution < 1.29 is 26.4 Å². The van der Waals surface area contributed by atoms with E-state index in [1.807, 2.05) is 6.92 Å². The summed E-state index contributed by atoms with van der Waals surface area (Å²) >= 11 is 0. The molecule has 0 atom stereocenters. The van der Waals surface area contributed by atoms with Crippen molar-refractivity contribution in [3.05, 3.63) is 35.1 Å². The Morgan fingerprint density at radius 1 is 1.06 bits per heavy atom. The lowest BCUT2D eigenvalue weighted by atomic mass is 9.74. The molecule has 0 radical (unpaired) electrons. The van der Waals surface area contributed by atoms with Gasteiger partial charge in [-0.3, -0.25) is 9.69 Å². The number of halogens is 4. The fraction of sp³-hybridized carbons (Fsp3) is 0.696. The van der Waals surface area contributed by atoms with E-state index in [2.05, 4.69) is 4.90 Å². The molecule has 2 aliphatic rings. The first-order valence-corrected chi connectivity index (χ1v) is 13.0. The number of rotatable bonds is 8. The molecule has 0 spiro atoms. The molecule has 1 saturated carbocycles. The van der Waals surface area contributed by atoms with Crippen LogP contribution in [0.2, 0.25) is 0 Å². The van der Waals surface area contributed by atoms with Gasteiger partial charge in [0.15, 0.2) is 5.78 Å². The molecular formula is C23H34ClF3N2O3S. The second-order valence-corrected chi connectivity index (χ2v) is 11.2. The molecule has 0 aromatic heterocycles. The Morgan fingerprint density at radius 2 is 1.67 bits per heavy atom. The quantitative estimate of drug-likeness (QED) is 0.470. The molecule has 2 fully saturated rings. The summed E-state index contributed by atoms with van der Waals surface area (Å²) < 4.78 is 68.4. The van der Waals surface area contributed by atoms with Crippen molar-refractivity contribution in [2.75, 3.05) is 31.9 Å². The first kappa shape index (κ1) is 28.1. The number of ketones is 1. The van der Waals surface area contributed by atoms with Gasteiger partial charge in [0.05, 0.1) is 11.3 Å². The fourth-order valence-corrected chi connectivity index (χ4v) is 6.58. The van der Waals surface area contributed by atoms with Crippen LogP contribution in [0.25, 0.3) is 0 Å². The molecule has 5 nitrogen and oxygen atoms in total. The zero-order valence-electron chi connectivity index (χ0n) is 19.3. The Bertz CT molecular complexity index is 905. The fourth-order valence-electron chi connectivity index (χ4n) is 5.09. The molecule has 0 bridgehead atoms. The van der Waals surface area contributed by atoms with Gasteiger partial charge in [-0.25, -0.2) is 21.6 Å². The third-order valence-corrected chi connectivity index (χ3v) is 9.07. The number of sulfonamides is 1. The SMILES string of the molecule is CCCS(=O)(=O)N1CCN(C2(CCC(=O)c3c(C)cccc3F)CCC(F)(F)CC2)CC1.Cl. The zero-order valence-corrected chi connectivity index (χ0v) is 20.9. The van der Waals surface area contributed by atoms with Crippen molar-refractivity contribution >= 4 is 28.2 Å². The third kappa shape index (κ3) is 6.50. The molecule has 0 N–H and O–H groups in total. The molecule has 3 rings (SSSR count). The summed E-state index contributed by atoms with van der Waals surface area (Å²) in [5.74, 6) is -3.50. The minimum Gasteiger partial charge on any atom is -0.295 e. The predicted molar refractivity (Wildman–Crippen MR) is 125 cm³/mol. The van der Waals surface area contributed by atoms with Gasteiger partial charge in [0.2, 0.25) is 15.9 Å². The van der Waals surface area contributed by atoms with Gasteiger partial charge in [0.1, 0.15) is 5.82 Å². The van der Waals surface area contributed by atoms with Gasteiger partial charge in [-0.15, -0.1) is 12.4 Å². The summed E-state index contributed by atoms with van der Waals surface area (Å²) in [7, 11) is -3.31. The summed E-state index contributed by atoms with van der Waals surface area (Å²) in [6.07, 6.45) is 0.942. The van der Waals surface area contributed by atoms with Crippen LogP contribution >= 0.6 is 12.4 Å². The summed E-state index contributed by atoms with van der Waals surface area (Å²) in [6, 6.07) is 4.49. The van der Waals surface area contributed by atoms with Crippen LogP contribution in [0.15, 0.2) is 18.2 Å². The average Bonchev–Trinajstić information content (AvgIpc) is 2.73. The number of hydrogen-bond donors (Lipinski definition) is 0. The van der Waals surface area contributed by atoms with Crippen LogP contribution in [0.4, 0.5) is 13.2 Å². The highest BCUT2D eigenvalue weighted by Gasteiger charge is 2.47. The zero-order chi connectivity index (χ0) is 23.6. The Kier molecular flexibility index (Phi) is 9.41. The number of Topliss-reactive ketones (excluding diaryl/α,β-unsaturated/α-hetero) is 1. The molecule has 1 heterocycles. The normalized spacial score (nSPS) is 21.4. The molecule has 1 aliphatic heterocycles. The van der Waals surface area contributed by atoms with Crippen molar-refractivity contribution in [2.45, 2.75) is 70.3 Å². The van der Waals surface area contributed by atoms with Gasteiger partial charge in [-0.1, -0.05) is 19.1 Å². The molecule has 33 heavy (non-hydrogen) atoms. The molecule has 188 valence electrons. The Labute approximate surface area is 201 Å². The van der Waals surface area contributed by atoms with Crippen LogP contribution in [-0.2, 0) is 10.0 Å². The monoisotopic (exact) mass is 510 g/mol. The van der Waals surface area contributed by atoms with Crippen LogP contribution in [0.5, 0.6) is 0 Å². The van der Waals surface area contributed by atoms with E-state index in [1.165, 1.54) is 10.4 Å². The molecule has 1 aromatic rings. The highest BCUT2D eigenvalue weighted by Crippen LogP contribution is 2.44. The molecule has 1 aliphatic carbocycles. The van der Waals surface area contributed by atoms with Gasteiger partial charge in [0.25, 0.3) is 0 Å². The van der Waals surface area contributed by atoms with Gasteiger partial charge in [-0.2, -0.15) is 4.31 Å². The van der Waals surface area contributed by atoms with E-state index in [9.17, 15) is 26.4 Å². The maximum atomic E-state index is 14.2. The Morgan fingerprint density at radius 3 is 2.21 bits per heavy atom. The van der Waals surface area contributed by atoms with Gasteiger partial charge >= 0.3 is 0 Å². The topological polar surface area (TPSA) is 57.7 Å². The lowest BCUT2D eigenvalue weighted by Crippen LogP contribution is -2.60. The lowest BCUT2D eigenvalue weighted by Gasteiger charge is -2.51. The van der Waals surface area contributed by atoms with Gasteiger partial charge < -0.3 is 0 Å². The predicted octanol–water partition coefficient (Wildman–Crippen LogP) is 4.82. The van der Waals surface area contributed by atoms with Crippen LogP contribution in [0.3, 0.4) is 0 Å². The molecule has 1 aromatic carbocycles. The summed E-state index contributed by atoms with van der Waals surface area (Å²) in [5, 5.41) is 0. The largest absolute Gasteiger partial charge is 0.295 e. The Balaban J connectivity index is 0.00000385. The van der Waals surface area contributed by atoms with E-state index in [4.69, 9.17) is 0 Å². The third-order valence-electron chi connectivity index (χ3n) is 7.00. The first-order valence-electron chi connectivity index (χ1n) is 11.4. The highest BCUT2D eigenvalue weighted by molar-refractivity contribution is 7.89. The van der Waals surface area contributed by atoms with Crippen LogP contribution in [0, 0.1) is 12.7 Å². The molecule has 0 unspecified atom stereocenters. The maximum Gasteiger partial charge on any atom is 0.248 e. The van der Waals surface area contributed by atoms with Crippen LogP contribution in [-0.4, -0.2) is 66.8 Å². The molecule has 1 saturated heterocycles. The number of carbonyl (C=O) groups excluding carboxylic acids is 1. The van der Waals surface area contributed by atoms with Crippen molar-refractivity contribution in [3.8, 4) is 0 Å². The summed E-state index contributed by atoms with van der Waals surface area (Å²) in [5.41, 5.74) is 0.0325. The smallest absolute Gasteiger partial charge is 0.248 e. The molecule has 10 heteroatoms. The summed E-state index contributed by atoms with van der Waals surface area (Å²) in [4.78, 5) is 14.9. The summed E-state index contributed by atoms with van der Waals surface area (Å²) in [6.45, 7) is 5.03. The minimum absolute atomic E-state index is 0. The average molecular weight is 511 g/mol. The van der Waals surface area contributed by atoms with Crippen molar-refractivity contribution in [2.24, 2.45) is 0 Å². The molecular weight excluding hydrogens is 477 g/mol. The second-order valence-electron chi connectivity index (χ2n) is 9.14. The Hall–Kier alpha value is -1.16. The van der Waals surface area contributed by atoms with Crippen LogP contribution in [0.1, 0.15) is 67.8 Å². The van der Waals surface area contributed by atoms with Gasteiger partial charge in [-0.05, 0) is 44.2 Å². The second kappa shape index (κ2) is 11.1. The number of hydrogen-bond acceptors (Lipinski definition) is 4. The standard InChI is InChI=1S/C23H33F3N2O3S.ClH/c1-3-17-32(30,31)28-15-13-27(14-16-28)22(9-11-23(25,26)12-10-22)8-7-20(29)21-18(2)5-4-6-19(21)24;/h4-6H,3,7-17H2,1-2H3;1H. The number of nitrogens with zero attached hydrogens (tertiary/aromatic N) is 2. The first-order chi connectivity index (χ1) is 15.0. The molecule has 0 amide bonds. The van der Waals surface area contributed by atoms with Crippen molar-refractivity contribution in [3.63, 3.8) is 0 Å². The maximum absolute atomic E-state index is 14.2. The number of piperazine rings is 1. The number of carbonyl (C=O) groups is 1. The number of alkyl halides is 2. The number of aryl methyl sites for hydroxylation is 1. The van der Waals surface area contributed by atoms with E-state index in [-0.39, 0.29) is 61.6 Å². The van der Waals surface area contributed by atoms with Gasteiger partial charge in [0, 0.05) is 51.0 Å². The van der Waals surface area contributed by atoms with Crippen molar-refractivity contribution in [1.82, 2.24) is 9.21 Å². The van der Waals surface area contributed by atoms with Crippen LogP contribution < -0.4 is 0 Å². The van der Waals surface area contributed by atoms with E-state index < -0.39 is 27.3 Å². The van der Waals surface area contributed by atoms with Crippen molar-refractivity contribution in [1.29, 1.82) is 0 Å². The van der Waals surface area contributed by atoms with E-state index in [1.54, 1.807) is 19.1 Å². The number of benzene rings is 1.